The molecule has 1 aromatic heterocycles. The van der Waals surface area contributed by atoms with Gasteiger partial charge in [0, 0.05) is 22.7 Å². The van der Waals surface area contributed by atoms with Crippen LogP contribution < -0.4 is 4.31 Å². The van der Waals surface area contributed by atoms with Gasteiger partial charge in [-0.2, -0.15) is 0 Å². The van der Waals surface area contributed by atoms with Crippen molar-refractivity contribution in [1.29, 1.82) is 0 Å². The van der Waals surface area contributed by atoms with Crippen LogP contribution in [-0.4, -0.2) is 31.2 Å². The number of rotatable bonds is 3. The Bertz CT molecular complexity index is 806. The molecule has 1 aliphatic heterocycles. The number of anilines is 1. The summed E-state index contributed by atoms with van der Waals surface area (Å²) in [5.74, 6) is 0.383. The highest BCUT2D eigenvalue weighted by Gasteiger charge is 2.40. The van der Waals surface area contributed by atoms with Crippen molar-refractivity contribution in [1.82, 2.24) is 4.98 Å². The highest BCUT2D eigenvalue weighted by molar-refractivity contribution is 9.10. The van der Waals surface area contributed by atoms with Gasteiger partial charge in [0.2, 0.25) is 0 Å². The number of sulfonamides is 1. The molecule has 0 saturated heterocycles. The first-order valence-corrected chi connectivity index (χ1v) is 9.04. The summed E-state index contributed by atoms with van der Waals surface area (Å²) in [7, 11) is -3.76. The normalized spacial score (nSPS) is 17.6. The van der Waals surface area contributed by atoms with Crippen LogP contribution in [0.1, 0.15) is 11.1 Å². The Morgan fingerprint density at radius 3 is 2.64 bits per heavy atom. The van der Waals surface area contributed by atoms with Crippen LogP contribution in [-0.2, 0) is 16.4 Å². The Kier molecular flexibility index (Phi) is 3.96. The number of halogens is 1. The number of benzene rings is 1. The molecular formula is C15H15BrN2O3S. The van der Waals surface area contributed by atoms with Crippen molar-refractivity contribution in [2.45, 2.75) is 24.3 Å². The molecule has 0 spiro atoms. The number of pyridine rings is 1. The zero-order chi connectivity index (χ0) is 15.9. The largest absolute Gasteiger partial charge is 0.394 e. The number of aliphatic hydroxyl groups excluding tert-OH is 1. The molecule has 1 N–H and O–H groups in total. The number of aromatic nitrogens is 1. The fourth-order valence-corrected chi connectivity index (χ4v) is 4.68. The average Bonchev–Trinajstić information content (AvgIpc) is 2.88. The molecule has 0 amide bonds. The van der Waals surface area contributed by atoms with Crippen LogP contribution in [0.2, 0.25) is 0 Å². The maximum Gasteiger partial charge on any atom is 0.265 e. The van der Waals surface area contributed by atoms with Crippen molar-refractivity contribution in [2.75, 3.05) is 10.9 Å². The van der Waals surface area contributed by atoms with E-state index in [4.69, 9.17) is 0 Å². The molecule has 0 aliphatic carbocycles. The lowest BCUT2D eigenvalue weighted by molar-refractivity contribution is 0.270. The monoisotopic (exact) mass is 382 g/mol. The molecule has 116 valence electrons. The molecule has 22 heavy (non-hydrogen) atoms. The molecule has 7 heteroatoms. The highest BCUT2D eigenvalue weighted by atomic mass is 79.9. The third-order valence-electron chi connectivity index (χ3n) is 3.74. The molecule has 5 nitrogen and oxygen atoms in total. The van der Waals surface area contributed by atoms with E-state index in [-0.39, 0.29) is 11.5 Å². The van der Waals surface area contributed by atoms with E-state index in [1.165, 1.54) is 4.31 Å². The smallest absolute Gasteiger partial charge is 0.265 e. The summed E-state index contributed by atoms with van der Waals surface area (Å²) in [4.78, 5) is 4.41. The van der Waals surface area contributed by atoms with Gasteiger partial charge in [0.15, 0.2) is 0 Å². The van der Waals surface area contributed by atoms with Gasteiger partial charge < -0.3 is 5.11 Å². The average molecular weight is 383 g/mol. The zero-order valence-electron chi connectivity index (χ0n) is 11.9. The van der Waals surface area contributed by atoms with E-state index in [2.05, 4.69) is 20.9 Å². The second-order valence-corrected chi connectivity index (χ2v) is 7.92. The third kappa shape index (κ3) is 2.43. The number of aliphatic hydroxyl groups is 1. The Hall–Kier alpha value is -1.44. The van der Waals surface area contributed by atoms with Crippen LogP contribution in [0.5, 0.6) is 0 Å². The zero-order valence-corrected chi connectivity index (χ0v) is 14.3. The van der Waals surface area contributed by atoms with Crippen LogP contribution in [0, 0.1) is 6.92 Å². The van der Waals surface area contributed by atoms with Gasteiger partial charge in [-0.05, 0) is 25.1 Å². The fourth-order valence-electron chi connectivity index (χ4n) is 2.60. The van der Waals surface area contributed by atoms with Gasteiger partial charge in [-0.1, -0.05) is 33.6 Å². The minimum Gasteiger partial charge on any atom is -0.394 e. The molecule has 0 bridgehead atoms. The molecule has 0 fully saturated rings. The topological polar surface area (TPSA) is 70.5 Å². The molecule has 1 atom stereocenters. The van der Waals surface area contributed by atoms with Crippen molar-refractivity contribution < 1.29 is 13.5 Å². The summed E-state index contributed by atoms with van der Waals surface area (Å²) >= 11 is 3.42. The van der Waals surface area contributed by atoms with Crippen LogP contribution in [0.15, 0.2) is 45.9 Å². The first kappa shape index (κ1) is 15.5. The van der Waals surface area contributed by atoms with E-state index in [1.54, 1.807) is 36.5 Å². The lowest BCUT2D eigenvalue weighted by atomic mass is 10.1. The lowest BCUT2D eigenvalue weighted by Gasteiger charge is -2.24. The summed E-state index contributed by atoms with van der Waals surface area (Å²) < 4.78 is 27.9. The minimum absolute atomic E-state index is 0.200. The van der Waals surface area contributed by atoms with Crippen molar-refractivity contribution >= 4 is 31.8 Å². The molecule has 2 heterocycles. The molecular weight excluding hydrogens is 368 g/mol. The highest BCUT2D eigenvalue weighted by Crippen LogP contribution is 2.38. The molecule has 1 aliphatic rings. The summed E-state index contributed by atoms with van der Waals surface area (Å²) in [6.45, 7) is 1.64. The summed E-state index contributed by atoms with van der Waals surface area (Å²) in [5, 5.41) is 9.60. The van der Waals surface area contributed by atoms with Gasteiger partial charge in [-0.15, -0.1) is 0 Å². The van der Waals surface area contributed by atoms with Gasteiger partial charge in [0.25, 0.3) is 10.0 Å². The minimum atomic E-state index is -3.76. The first-order chi connectivity index (χ1) is 10.4. The Morgan fingerprint density at radius 1 is 1.32 bits per heavy atom. The van der Waals surface area contributed by atoms with Crippen molar-refractivity contribution in [3.05, 3.63) is 52.1 Å². The summed E-state index contributed by atoms with van der Waals surface area (Å²) in [6.07, 6.45) is 1.99. The van der Waals surface area contributed by atoms with Crippen LogP contribution >= 0.6 is 15.9 Å². The van der Waals surface area contributed by atoms with E-state index in [0.717, 1.165) is 15.6 Å². The van der Waals surface area contributed by atoms with Crippen LogP contribution in [0.4, 0.5) is 5.82 Å². The van der Waals surface area contributed by atoms with Crippen LogP contribution in [0.3, 0.4) is 0 Å². The Labute approximate surface area is 137 Å². The van der Waals surface area contributed by atoms with Gasteiger partial charge in [-0.25, -0.2) is 17.7 Å². The third-order valence-corrected chi connectivity index (χ3v) is 6.34. The van der Waals surface area contributed by atoms with E-state index in [0.29, 0.717) is 12.2 Å². The van der Waals surface area contributed by atoms with Crippen LogP contribution in [0.25, 0.3) is 0 Å². The van der Waals surface area contributed by atoms with E-state index >= 15 is 0 Å². The first-order valence-electron chi connectivity index (χ1n) is 6.80. The second-order valence-electron chi connectivity index (χ2n) is 5.25. The van der Waals surface area contributed by atoms with Gasteiger partial charge in [-0.3, -0.25) is 0 Å². The summed E-state index contributed by atoms with van der Waals surface area (Å²) in [5.41, 5.74) is 1.79. The predicted molar refractivity (Wildman–Crippen MR) is 87.4 cm³/mol. The Balaban J connectivity index is 2.14. The fraction of sp³-hybridized carbons (Fsp3) is 0.267. The van der Waals surface area contributed by atoms with Gasteiger partial charge in [0.05, 0.1) is 17.5 Å². The second kappa shape index (κ2) is 5.64. The molecule has 1 aromatic carbocycles. The number of aryl methyl sites for hydroxylation is 1. The number of hydrogen-bond donors (Lipinski definition) is 1. The Morgan fingerprint density at radius 2 is 2.00 bits per heavy atom. The van der Waals surface area contributed by atoms with E-state index < -0.39 is 16.1 Å². The quantitative estimate of drug-likeness (QED) is 0.883. The maximum atomic E-state index is 12.9. The van der Waals surface area contributed by atoms with Gasteiger partial charge in [0.1, 0.15) is 5.82 Å². The summed E-state index contributed by atoms with van der Waals surface area (Å²) in [6, 6.07) is 7.91. The molecule has 3 rings (SSSR count). The van der Waals surface area contributed by atoms with Crippen molar-refractivity contribution in [3.63, 3.8) is 0 Å². The van der Waals surface area contributed by atoms with E-state index in [9.17, 15) is 13.5 Å². The molecule has 0 saturated carbocycles. The SMILES string of the molecule is Cc1ccc(S(=O)(=O)N2c3nccc(Br)c3CC2CO)cc1. The van der Waals surface area contributed by atoms with Gasteiger partial charge >= 0.3 is 0 Å². The standard InChI is InChI=1S/C15H15BrN2O3S/c1-10-2-4-12(5-3-10)22(20,21)18-11(9-19)8-13-14(16)6-7-17-15(13)18/h2-7,11,19H,8-9H2,1H3. The van der Waals surface area contributed by atoms with Crippen molar-refractivity contribution in [3.8, 4) is 0 Å². The predicted octanol–water partition coefficient (Wildman–Crippen LogP) is 2.26. The number of hydrogen-bond acceptors (Lipinski definition) is 4. The lowest BCUT2D eigenvalue weighted by Crippen LogP contribution is -2.40. The number of fused-ring (bicyclic) bond motifs is 1. The molecule has 0 radical (unpaired) electrons. The number of nitrogens with zero attached hydrogens (tertiary/aromatic N) is 2. The maximum absolute atomic E-state index is 12.9. The van der Waals surface area contributed by atoms with Crippen molar-refractivity contribution in [2.24, 2.45) is 0 Å². The van der Waals surface area contributed by atoms with E-state index in [1.807, 2.05) is 6.92 Å². The molecule has 1 unspecified atom stereocenters. The molecule has 2 aromatic rings.